The number of ether oxygens (including phenoxy) is 3. The van der Waals surface area contributed by atoms with Gasteiger partial charge >= 0.3 is 0 Å². The predicted molar refractivity (Wildman–Crippen MR) is 119 cm³/mol. The number of pyridine rings is 1. The molecule has 0 amide bonds. The van der Waals surface area contributed by atoms with Crippen molar-refractivity contribution in [3.8, 4) is 23.0 Å². The number of fused-ring (bicyclic) bond motifs is 1. The molecule has 0 bridgehead atoms. The van der Waals surface area contributed by atoms with Crippen LogP contribution in [0.5, 0.6) is 23.0 Å². The Morgan fingerprint density at radius 3 is 2.42 bits per heavy atom. The zero-order chi connectivity index (χ0) is 23.6. The van der Waals surface area contributed by atoms with Crippen LogP contribution >= 0.6 is 0 Å². The average Bonchev–Trinajstić information content (AvgIpc) is 2.80. The number of halogens is 2. The summed E-state index contributed by atoms with van der Waals surface area (Å²) in [6.45, 7) is 0. The van der Waals surface area contributed by atoms with Crippen molar-refractivity contribution in [1.82, 2.24) is 4.98 Å². The lowest BCUT2D eigenvalue weighted by atomic mass is 10.1. The number of nitrogens with one attached hydrogen (secondary N) is 1. The normalized spacial score (nSPS) is 11.3. The minimum absolute atomic E-state index is 0.128. The second-order valence-electron chi connectivity index (χ2n) is 6.81. The van der Waals surface area contributed by atoms with Gasteiger partial charge < -0.3 is 14.2 Å². The van der Waals surface area contributed by atoms with Crippen LogP contribution in [0.3, 0.4) is 0 Å². The molecular formula is C23H18F2N2O5S. The summed E-state index contributed by atoms with van der Waals surface area (Å²) < 4.78 is 71.5. The number of methoxy groups -OCH3 is 2. The molecule has 0 aliphatic rings. The van der Waals surface area contributed by atoms with Gasteiger partial charge in [0.1, 0.15) is 22.8 Å². The smallest absolute Gasteiger partial charge is 0.262 e. The number of hydrogen-bond acceptors (Lipinski definition) is 6. The maximum atomic E-state index is 14.7. The quantitative estimate of drug-likeness (QED) is 0.402. The predicted octanol–water partition coefficient (Wildman–Crippen LogP) is 5.12. The molecule has 7 nitrogen and oxygen atoms in total. The van der Waals surface area contributed by atoms with Gasteiger partial charge in [0.05, 0.1) is 24.8 Å². The van der Waals surface area contributed by atoms with Gasteiger partial charge in [-0.1, -0.05) is 6.07 Å². The van der Waals surface area contributed by atoms with E-state index in [-0.39, 0.29) is 16.3 Å². The third-order valence-corrected chi connectivity index (χ3v) is 6.10. The average molecular weight is 472 g/mol. The number of rotatable bonds is 7. The number of sulfonamides is 1. The molecule has 0 fully saturated rings. The van der Waals surface area contributed by atoms with Crippen LogP contribution in [0.15, 0.2) is 71.8 Å². The second kappa shape index (κ2) is 8.91. The number of aromatic nitrogens is 1. The third-order valence-electron chi connectivity index (χ3n) is 4.73. The van der Waals surface area contributed by atoms with Crippen molar-refractivity contribution in [1.29, 1.82) is 0 Å². The van der Waals surface area contributed by atoms with E-state index in [4.69, 9.17) is 14.2 Å². The zero-order valence-electron chi connectivity index (χ0n) is 17.5. The molecule has 33 heavy (non-hydrogen) atoms. The van der Waals surface area contributed by atoms with E-state index in [9.17, 15) is 17.2 Å². The number of hydrogen-bond donors (Lipinski definition) is 1. The van der Waals surface area contributed by atoms with E-state index < -0.39 is 21.7 Å². The molecule has 1 aromatic heterocycles. The van der Waals surface area contributed by atoms with Crippen molar-refractivity contribution >= 4 is 26.6 Å². The Balaban J connectivity index is 1.62. The van der Waals surface area contributed by atoms with Crippen molar-refractivity contribution < 1.29 is 31.4 Å². The summed E-state index contributed by atoms with van der Waals surface area (Å²) in [4.78, 5) is 3.98. The molecule has 1 heterocycles. The topological polar surface area (TPSA) is 86.8 Å². The second-order valence-corrected chi connectivity index (χ2v) is 8.50. The van der Waals surface area contributed by atoms with Gasteiger partial charge in [-0.15, -0.1) is 0 Å². The molecule has 0 radical (unpaired) electrons. The molecule has 4 rings (SSSR count). The van der Waals surface area contributed by atoms with Crippen LogP contribution in [0, 0.1) is 11.6 Å². The Kier molecular flexibility index (Phi) is 6.01. The van der Waals surface area contributed by atoms with Gasteiger partial charge in [-0.2, -0.15) is 0 Å². The van der Waals surface area contributed by atoms with E-state index in [1.807, 2.05) is 0 Å². The standard InChI is InChI=1S/C23H18F2N2O5S/c1-30-21-9-7-17-20(10-11-26-22(17)23(21)31-2)32-15-6-8-19(18(25)13-15)27-33(28,29)16-5-3-4-14(24)12-16/h3-13,27H,1-2H3. The fraction of sp³-hybridized carbons (Fsp3) is 0.0870. The van der Waals surface area contributed by atoms with E-state index in [2.05, 4.69) is 9.71 Å². The summed E-state index contributed by atoms with van der Waals surface area (Å²) >= 11 is 0. The first-order chi connectivity index (χ1) is 15.8. The maximum Gasteiger partial charge on any atom is 0.262 e. The summed E-state index contributed by atoms with van der Waals surface area (Å²) in [7, 11) is -1.18. The van der Waals surface area contributed by atoms with Crippen LogP contribution in [0.1, 0.15) is 0 Å². The lowest BCUT2D eigenvalue weighted by molar-refractivity contribution is 0.358. The first-order valence-corrected chi connectivity index (χ1v) is 11.1. The zero-order valence-corrected chi connectivity index (χ0v) is 18.3. The Morgan fingerprint density at radius 1 is 0.909 bits per heavy atom. The first kappa shape index (κ1) is 22.3. The van der Waals surface area contributed by atoms with E-state index in [1.165, 1.54) is 44.7 Å². The molecule has 10 heteroatoms. The van der Waals surface area contributed by atoms with Gasteiger partial charge in [-0.3, -0.25) is 9.71 Å². The minimum atomic E-state index is -4.18. The fourth-order valence-electron chi connectivity index (χ4n) is 3.20. The molecule has 0 saturated carbocycles. The lowest BCUT2D eigenvalue weighted by Gasteiger charge is -2.14. The van der Waals surface area contributed by atoms with Crippen LogP contribution in [0.25, 0.3) is 10.9 Å². The van der Waals surface area contributed by atoms with Crippen molar-refractivity contribution in [3.63, 3.8) is 0 Å². The Morgan fingerprint density at radius 2 is 1.73 bits per heavy atom. The fourth-order valence-corrected chi connectivity index (χ4v) is 4.30. The third kappa shape index (κ3) is 4.51. The summed E-state index contributed by atoms with van der Waals surface area (Å²) in [5, 5.41) is 0.603. The van der Waals surface area contributed by atoms with Crippen LogP contribution in [-0.2, 0) is 10.0 Å². The van der Waals surface area contributed by atoms with Crippen LogP contribution in [0.2, 0.25) is 0 Å². The molecule has 170 valence electrons. The highest BCUT2D eigenvalue weighted by atomic mass is 32.2. The van der Waals surface area contributed by atoms with Crippen molar-refractivity contribution in [2.24, 2.45) is 0 Å². The molecule has 0 atom stereocenters. The van der Waals surface area contributed by atoms with E-state index in [0.29, 0.717) is 28.2 Å². The summed E-state index contributed by atoms with van der Waals surface area (Å²) in [5.41, 5.74) is 0.187. The van der Waals surface area contributed by atoms with Crippen molar-refractivity contribution in [2.75, 3.05) is 18.9 Å². The molecule has 4 aromatic rings. The summed E-state index contributed by atoms with van der Waals surface area (Å²) in [6, 6.07) is 13.1. The number of nitrogens with zero attached hydrogens (tertiary/aromatic N) is 1. The highest BCUT2D eigenvalue weighted by molar-refractivity contribution is 7.92. The Hall–Kier alpha value is -3.92. The lowest BCUT2D eigenvalue weighted by Crippen LogP contribution is -2.14. The first-order valence-electron chi connectivity index (χ1n) is 9.58. The molecule has 3 aromatic carbocycles. The largest absolute Gasteiger partial charge is 0.493 e. The molecular weight excluding hydrogens is 454 g/mol. The van der Waals surface area contributed by atoms with E-state index >= 15 is 0 Å². The van der Waals surface area contributed by atoms with Gasteiger partial charge in [0.15, 0.2) is 17.3 Å². The monoisotopic (exact) mass is 472 g/mol. The Bertz CT molecular complexity index is 1440. The van der Waals surface area contributed by atoms with Crippen LogP contribution < -0.4 is 18.9 Å². The molecule has 0 aliphatic heterocycles. The van der Waals surface area contributed by atoms with Crippen molar-refractivity contribution in [2.45, 2.75) is 4.90 Å². The highest BCUT2D eigenvalue weighted by Crippen LogP contribution is 2.39. The Labute approximate surface area is 188 Å². The van der Waals surface area contributed by atoms with E-state index in [1.54, 1.807) is 18.2 Å². The molecule has 0 aliphatic carbocycles. The maximum absolute atomic E-state index is 14.7. The van der Waals surface area contributed by atoms with Gasteiger partial charge in [0.2, 0.25) is 0 Å². The van der Waals surface area contributed by atoms with Crippen LogP contribution in [0.4, 0.5) is 14.5 Å². The number of benzene rings is 3. The summed E-state index contributed by atoms with van der Waals surface area (Å²) in [6.07, 6.45) is 1.51. The molecule has 1 N–H and O–H groups in total. The van der Waals surface area contributed by atoms with Crippen molar-refractivity contribution in [3.05, 3.63) is 78.5 Å². The van der Waals surface area contributed by atoms with Crippen LogP contribution in [-0.4, -0.2) is 27.6 Å². The van der Waals surface area contributed by atoms with Gasteiger partial charge in [0.25, 0.3) is 10.0 Å². The SMILES string of the molecule is COc1ccc2c(Oc3ccc(NS(=O)(=O)c4cccc(F)c4)c(F)c3)ccnc2c1OC. The van der Waals surface area contributed by atoms with Gasteiger partial charge in [-0.05, 0) is 48.5 Å². The number of anilines is 1. The van der Waals surface area contributed by atoms with Gasteiger partial charge in [0, 0.05) is 17.6 Å². The minimum Gasteiger partial charge on any atom is -0.493 e. The highest BCUT2D eigenvalue weighted by Gasteiger charge is 2.18. The van der Waals surface area contributed by atoms with E-state index in [0.717, 1.165) is 18.2 Å². The van der Waals surface area contributed by atoms with Gasteiger partial charge in [-0.25, -0.2) is 17.2 Å². The molecule has 0 unspecified atom stereocenters. The summed E-state index contributed by atoms with van der Waals surface area (Å²) in [5.74, 6) is -0.160. The molecule has 0 spiro atoms. The molecule has 0 saturated heterocycles.